The Balaban J connectivity index is 2.19. The summed E-state index contributed by atoms with van der Waals surface area (Å²) in [6.07, 6.45) is 0.692. The third-order valence-corrected chi connectivity index (χ3v) is 5.84. The van der Waals surface area contributed by atoms with Gasteiger partial charge in [0.25, 0.3) is 0 Å². The molecule has 100 valence electrons. The van der Waals surface area contributed by atoms with Crippen molar-refractivity contribution in [1.82, 2.24) is 0 Å². The minimum Gasteiger partial charge on any atom is -0.370 e. The van der Waals surface area contributed by atoms with Crippen molar-refractivity contribution in [1.29, 1.82) is 0 Å². The van der Waals surface area contributed by atoms with Gasteiger partial charge in [0, 0.05) is 29.1 Å². The average molecular weight is 353 g/mol. The highest BCUT2D eigenvalue weighted by atomic mass is 79.9. The van der Waals surface area contributed by atoms with Gasteiger partial charge in [-0.1, -0.05) is 22.0 Å². The Morgan fingerprint density at radius 2 is 2.06 bits per heavy atom. The van der Waals surface area contributed by atoms with Crippen molar-refractivity contribution in [2.45, 2.75) is 12.3 Å². The van der Waals surface area contributed by atoms with Gasteiger partial charge in [0.15, 0.2) is 9.84 Å². The zero-order valence-electron chi connectivity index (χ0n) is 9.90. The molecule has 0 saturated carbocycles. The number of rotatable bonds is 2. The molecule has 1 aliphatic heterocycles. The molecule has 3 nitrogen and oxygen atoms in total. The van der Waals surface area contributed by atoms with Crippen molar-refractivity contribution in [2.24, 2.45) is 0 Å². The molecular weight excluding hydrogens is 338 g/mol. The Morgan fingerprint density at radius 1 is 1.28 bits per heavy atom. The van der Waals surface area contributed by atoms with Crippen LogP contribution in [0.15, 0.2) is 22.7 Å². The van der Waals surface area contributed by atoms with Crippen LogP contribution in [0.4, 0.5) is 5.69 Å². The number of hydrogen-bond donors (Lipinski definition) is 0. The summed E-state index contributed by atoms with van der Waals surface area (Å²) < 4.78 is 24.1. The fourth-order valence-corrected chi connectivity index (χ4v) is 4.21. The second-order valence-electron chi connectivity index (χ2n) is 4.40. The van der Waals surface area contributed by atoms with Gasteiger partial charge in [0.05, 0.1) is 11.5 Å². The minimum absolute atomic E-state index is 0.238. The van der Waals surface area contributed by atoms with Crippen LogP contribution in [-0.4, -0.2) is 33.0 Å². The Hall–Kier alpha value is -0.260. The maximum Gasteiger partial charge on any atom is 0.152 e. The van der Waals surface area contributed by atoms with Crippen LogP contribution < -0.4 is 4.90 Å². The Kier molecular flexibility index (Phi) is 4.56. The first-order chi connectivity index (χ1) is 8.52. The number of anilines is 1. The molecule has 0 aromatic heterocycles. The van der Waals surface area contributed by atoms with Gasteiger partial charge in [0.2, 0.25) is 0 Å². The Bertz CT molecular complexity index is 533. The summed E-state index contributed by atoms with van der Waals surface area (Å²) >= 11 is 9.30. The van der Waals surface area contributed by atoms with Crippen LogP contribution in [0.3, 0.4) is 0 Å². The van der Waals surface area contributed by atoms with E-state index in [2.05, 4.69) is 20.8 Å². The van der Waals surface area contributed by atoms with Crippen molar-refractivity contribution in [3.8, 4) is 0 Å². The maximum absolute atomic E-state index is 11.6. The van der Waals surface area contributed by atoms with Gasteiger partial charge in [-0.3, -0.25) is 0 Å². The summed E-state index contributed by atoms with van der Waals surface area (Å²) in [5, 5.41) is 0. The highest BCUT2D eigenvalue weighted by Crippen LogP contribution is 2.26. The number of nitrogens with zero attached hydrogens (tertiary/aromatic N) is 1. The van der Waals surface area contributed by atoms with Gasteiger partial charge in [-0.25, -0.2) is 8.42 Å². The molecule has 2 rings (SSSR count). The van der Waals surface area contributed by atoms with E-state index in [4.69, 9.17) is 11.6 Å². The highest BCUT2D eigenvalue weighted by Gasteiger charge is 2.19. The third kappa shape index (κ3) is 3.39. The Labute approximate surface area is 121 Å². The summed E-state index contributed by atoms with van der Waals surface area (Å²) in [5.41, 5.74) is 2.09. The van der Waals surface area contributed by atoms with Crippen molar-refractivity contribution >= 4 is 43.1 Å². The lowest BCUT2D eigenvalue weighted by molar-refractivity contribution is 0.597. The van der Waals surface area contributed by atoms with Crippen LogP contribution in [0.2, 0.25) is 0 Å². The zero-order valence-corrected chi connectivity index (χ0v) is 13.1. The molecule has 0 bridgehead atoms. The number of hydrogen-bond acceptors (Lipinski definition) is 3. The SMILES string of the molecule is O=S1(=O)CCCN(c2ccc(CCl)c(Br)c2)CC1. The topological polar surface area (TPSA) is 37.4 Å². The molecule has 0 aliphatic carbocycles. The van der Waals surface area contributed by atoms with Crippen LogP contribution in [0, 0.1) is 0 Å². The summed E-state index contributed by atoms with van der Waals surface area (Å²) in [6, 6.07) is 5.99. The smallest absolute Gasteiger partial charge is 0.152 e. The number of alkyl halides is 1. The molecule has 0 radical (unpaired) electrons. The average Bonchev–Trinajstić information content (AvgIpc) is 2.50. The van der Waals surface area contributed by atoms with E-state index in [0.29, 0.717) is 24.6 Å². The first-order valence-corrected chi connectivity index (χ1v) is 8.96. The van der Waals surface area contributed by atoms with Crippen molar-refractivity contribution in [3.63, 3.8) is 0 Å². The third-order valence-electron chi connectivity index (χ3n) is 3.10. The van der Waals surface area contributed by atoms with Crippen LogP contribution in [-0.2, 0) is 15.7 Å². The minimum atomic E-state index is -2.86. The molecular formula is C12H15BrClNO2S. The summed E-state index contributed by atoms with van der Waals surface area (Å²) in [6.45, 7) is 1.35. The van der Waals surface area contributed by atoms with E-state index in [1.807, 2.05) is 18.2 Å². The second-order valence-corrected chi connectivity index (χ2v) is 7.83. The highest BCUT2D eigenvalue weighted by molar-refractivity contribution is 9.10. The predicted octanol–water partition coefficient (Wildman–Crippen LogP) is 2.81. The molecule has 1 heterocycles. The van der Waals surface area contributed by atoms with Gasteiger partial charge in [0.1, 0.15) is 0 Å². The first-order valence-electron chi connectivity index (χ1n) is 5.81. The van der Waals surface area contributed by atoms with Gasteiger partial charge in [-0.05, 0) is 24.1 Å². The standard InChI is InChI=1S/C12H15BrClNO2S/c13-12-8-11(3-2-10(12)9-14)15-4-1-6-18(16,17)7-5-15/h2-3,8H,1,4-7,9H2. The van der Waals surface area contributed by atoms with Gasteiger partial charge in [-0.2, -0.15) is 0 Å². The Morgan fingerprint density at radius 3 is 2.72 bits per heavy atom. The normalized spacial score (nSPS) is 19.6. The van der Waals surface area contributed by atoms with Crippen LogP contribution >= 0.6 is 27.5 Å². The number of sulfone groups is 1. The lowest BCUT2D eigenvalue weighted by atomic mass is 10.2. The molecule has 0 N–H and O–H groups in total. The number of benzene rings is 1. The quantitative estimate of drug-likeness (QED) is 0.768. The van der Waals surface area contributed by atoms with E-state index in [1.54, 1.807) is 0 Å². The lowest BCUT2D eigenvalue weighted by Crippen LogP contribution is -2.26. The molecule has 0 amide bonds. The first kappa shape index (κ1) is 14.2. The summed E-state index contributed by atoms with van der Waals surface area (Å²) in [5.74, 6) is 1.00. The van der Waals surface area contributed by atoms with Crippen molar-refractivity contribution < 1.29 is 8.42 Å². The fourth-order valence-electron chi connectivity index (χ4n) is 2.04. The molecule has 18 heavy (non-hydrogen) atoms. The monoisotopic (exact) mass is 351 g/mol. The molecule has 1 aromatic carbocycles. The van der Waals surface area contributed by atoms with E-state index < -0.39 is 9.84 Å². The van der Waals surface area contributed by atoms with E-state index in [1.165, 1.54) is 0 Å². The zero-order chi connectivity index (χ0) is 13.2. The van der Waals surface area contributed by atoms with Gasteiger partial charge < -0.3 is 4.90 Å². The predicted molar refractivity (Wildman–Crippen MR) is 79.2 cm³/mol. The van der Waals surface area contributed by atoms with Gasteiger partial charge in [-0.15, -0.1) is 11.6 Å². The summed E-state index contributed by atoms with van der Waals surface area (Å²) in [4.78, 5) is 2.12. The van der Waals surface area contributed by atoms with E-state index in [-0.39, 0.29) is 5.75 Å². The maximum atomic E-state index is 11.6. The van der Waals surface area contributed by atoms with Gasteiger partial charge >= 0.3 is 0 Å². The molecule has 1 aromatic rings. The van der Waals surface area contributed by atoms with Crippen molar-refractivity contribution in [3.05, 3.63) is 28.2 Å². The summed E-state index contributed by atoms with van der Waals surface area (Å²) in [7, 11) is -2.86. The molecule has 6 heteroatoms. The molecule has 1 saturated heterocycles. The molecule has 0 unspecified atom stereocenters. The van der Waals surface area contributed by atoms with E-state index in [0.717, 1.165) is 22.3 Å². The molecule has 1 fully saturated rings. The largest absolute Gasteiger partial charge is 0.370 e. The molecule has 0 atom stereocenters. The second kappa shape index (κ2) is 5.80. The fraction of sp³-hybridized carbons (Fsp3) is 0.500. The lowest BCUT2D eigenvalue weighted by Gasteiger charge is -2.22. The van der Waals surface area contributed by atoms with Crippen LogP contribution in [0.1, 0.15) is 12.0 Å². The van der Waals surface area contributed by atoms with E-state index in [9.17, 15) is 8.42 Å². The van der Waals surface area contributed by atoms with E-state index >= 15 is 0 Å². The molecule has 0 spiro atoms. The van der Waals surface area contributed by atoms with Crippen molar-refractivity contribution in [2.75, 3.05) is 29.5 Å². The van der Waals surface area contributed by atoms with Crippen LogP contribution in [0.25, 0.3) is 0 Å². The van der Waals surface area contributed by atoms with Crippen LogP contribution in [0.5, 0.6) is 0 Å². The molecule has 1 aliphatic rings. The number of halogens is 2.